The number of halogens is 4. The third kappa shape index (κ3) is 2.71. The molecule has 0 saturated carbocycles. The molecule has 2 aromatic rings. The zero-order valence-electron chi connectivity index (χ0n) is 10.4. The van der Waals surface area contributed by atoms with Crippen LogP contribution in [0.15, 0.2) is 24.4 Å². The van der Waals surface area contributed by atoms with E-state index in [4.69, 9.17) is 17.3 Å². The third-order valence-corrected chi connectivity index (χ3v) is 3.06. The highest BCUT2D eigenvalue weighted by atomic mass is 35.5. The number of aromatic nitrogens is 1. The van der Waals surface area contributed by atoms with Crippen LogP contribution < -0.4 is 11.1 Å². The summed E-state index contributed by atoms with van der Waals surface area (Å²) in [6, 6.07) is 1.74. The van der Waals surface area contributed by atoms with Gasteiger partial charge < -0.3 is 11.1 Å². The van der Waals surface area contributed by atoms with Crippen molar-refractivity contribution >= 4 is 17.4 Å². The molecule has 3 nitrogen and oxygen atoms in total. The molecule has 106 valence electrons. The number of hydrogen-bond donors (Lipinski definition) is 2. The van der Waals surface area contributed by atoms with Gasteiger partial charge in [-0.2, -0.15) is 0 Å². The minimum atomic E-state index is -1.01. The Balaban J connectivity index is 2.61. The molecule has 0 spiro atoms. The van der Waals surface area contributed by atoms with Crippen LogP contribution in [0.2, 0.25) is 5.02 Å². The molecule has 3 N–H and O–H groups in total. The van der Waals surface area contributed by atoms with E-state index in [1.165, 1.54) is 19.3 Å². The van der Waals surface area contributed by atoms with Gasteiger partial charge in [-0.15, -0.1) is 0 Å². The Hall–Kier alpha value is -1.79. The van der Waals surface area contributed by atoms with Gasteiger partial charge in [0, 0.05) is 29.5 Å². The first-order valence-corrected chi connectivity index (χ1v) is 6.04. The minimum absolute atomic E-state index is 0.0804. The lowest BCUT2D eigenvalue weighted by Crippen LogP contribution is -2.22. The number of benzene rings is 1. The van der Waals surface area contributed by atoms with E-state index in [0.717, 1.165) is 0 Å². The van der Waals surface area contributed by atoms with Gasteiger partial charge in [-0.25, -0.2) is 18.2 Å². The summed E-state index contributed by atoms with van der Waals surface area (Å²) in [5.41, 5.74) is 5.67. The van der Waals surface area contributed by atoms with Gasteiger partial charge in [-0.3, -0.25) is 0 Å². The van der Waals surface area contributed by atoms with Crippen molar-refractivity contribution in [1.29, 1.82) is 0 Å². The Bertz CT molecular complexity index is 626. The lowest BCUT2D eigenvalue weighted by molar-refractivity contribution is 0.500. The van der Waals surface area contributed by atoms with Gasteiger partial charge in [0.1, 0.15) is 23.3 Å². The van der Waals surface area contributed by atoms with Gasteiger partial charge in [0.2, 0.25) is 0 Å². The molecule has 0 bridgehead atoms. The largest absolute Gasteiger partial charge is 0.383 e. The Labute approximate surface area is 118 Å². The number of anilines is 1. The van der Waals surface area contributed by atoms with Crippen molar-refractivity contribution in [2.45, 2.75) is 6.04 Å². The molecule has 7 heteroatoms. The SMILES string of the molecule is CNC(c1cc(Cl)cnc1N)c1c(F)cc(F)cc1F. The van der Waals surface area contributed by atoms with Crippen LogP contribution in [0, 0.1) is 17.5 Å². The van der Waals surface area contributed by atoms with Gasteiger partial charge in [-0.1, -0.05) is 11.6 Å². The zero-order chi connectivity index (χ0) is 14.9. The van der Waals surface area contributed by atoms with Crippen LogP contribution in [-0.2, 0) is 0 Å². The van der Waals surface area contributed by atoms with Crippen LogP contribution in [-0.4, -0.2) is 12.0 Å². The Morgan fingerprint density at radius 2 is 1.80 bits per heavy atom. The lowest BCUT2D eigenvalue weighted by Gasteiger charge is -2.20. The molecule has 0 aliphatic rings. The maximum absolute atomic E-state index is 13.9. The topological polar surface area (TPSA) is 50.9 Å². The molecule has 1 atom stereocenters. The van der Waals surface area contributed by atoms with E-state index in [0.29, 0.717) is 17.7 Å². The molecule has 0 radical (unpaired) electrons. The van der Waals surface area contributed by atoms with Gasteiger partial charge in [0.25, 0.3) is 0 Å². The second-order valence-corrected chi connectivity index (χ2v) is 4.57. The monoisotopic (exact) mass is 301 g/mol. The van der Waals surface area contributed by atoms with Crippen molar-refractivity contribution in [3.8, 4) is 0 Å². The molecule has 1 unspecified atom stereocenters. The van der Waals surface area contributed by atoms with E-state index in [1.54, 1.807) is 0 Å². The normalized spacial score (nSPS) is 12.4. The van der Waals surface area contributed by atoms with Crippen molar-refractivity contribution < 1.29 is 13.2 Å². The number of nitrogens with zero attached hydrogens (tertiary/aromatic N) is 1. The van der Waals surface area contributed by atoms with Gasteiger partial charge >= 0.3 is 0 Å². The first-order chi connectivity index (χ1) is 9.43. The maximum atomic E-state index is 13.9. The average molecular weight is 302 g/mol. The summed E-state index contributed by atoms with van der Waals surface area (Å²) < 4.78 is 40.7. The van der Waals surface area contributed by atoms with Gasteiger partial charge in [-0.05, 0) is 13.1 Å². The zero-order valence-corrected chi connectivity index (χ0v) is 11.2. The van der Waals surface area contributed by atoms with Crippen LogP contribution >= 0.6 is 11.6 Å². The predicted molar refractivity (Wildman–Crippen MR) is 70.9 cm³/mol. The summed E-state index contributed by atoms with van der Waals surface area (Å²) in [7, 11) is 1.49. The highest BCUT2D eigenvalue weighted by Gasteiger charge is 2.24. The van der Waals surface area contributed by atoms with E-state index in [-0.39, 0.29) is 16.4 Å². The number of nitrogens with one attached hydrogen (secondary N) is 1. The summed E-state index contributed by atoms with van der Waals surface area (Å²) in [5, 5.41) is 3.00. The smallest absolute Gasteiger partial charge is 0.134 e. The fourth-order valence-electron chi connectivity index (χ4n) is 1.98. The van der Waals surface area contributed by atoms with Gasteiger partial charge in [0.05, 0.1) is 11.1 Å². The lowest BCUT2D eigenvalue weighted by atomic mass is 9.98. The quantitative estimate of drug-likeness (QED) is 0.916. The molecule has 0 aliphatic heterocycles. The highest BCUT2D eigenvalue weighted by molar-refractivity contribution is 6.30. The van der Waals surface area contributed by atoms with Crippen molar-refractivity contribution in [2.75, 3.05) is 12.8 Å². The molecule has 0 amide bonds. The number of nitrogens with two attached hydrogens (primary N) is 1. The Morgan fingerprint density at radius 3 is 2.35 bits per heavy atom. The van der Waals surface area contributed by atoms with E-state index in [2.05, 4.69) is 10.3 Å². The van der Waals surface area contributed by atoms with Crippen LogP contribution in [0.5, 0.6) is 0 Å². The van der Waals surface area contributed by atoms with Crippen molar-refractivity contribution in [3.63, 3.8) is 0 Å². The van der Waals surface area contributed by atoms with E-state index < -0.39 is 23.5 Å². The summed E-state index contributed by atoms with van der Waals surface area (Å²) >= 11 is 5.82. The average Bonchev–Trinajstić information content (AvgIpc) is 2.37. The fourth-order valence-corrected chi connectivity index (χ4v) is 2.15. The molecule has 2 rings (SSSR count). The molecule has 1 aromatic carbocycles. The van der Waals surface area contributed by atoms with Crippen LogP contribution in [0.1, 0.15) is 17.2 Å². The summed E-state index contributed by atoms with van der Waals surface area (Å²) in [6.45, 7) is 0. The second kappa shape index (κ2) is 5.68. The molecule has 0 fully saturated rings. The van der Waals surface area contributed by atoms with Crippen LogP contribution in [0.25, 0.3) is 0 Å². The number of hydrogen-bond acceptors (Lipinski definition) is 3. The van der Waals surface area contributed by atoms with E-state index in [9.17, 15) is 13.2 Å². The van der Waals surface area contributed by atoms with E-state index >= 15 is 0 Å². The third-order valence-electron chi connectivity index (χ3n) is 2.85. The van der Waals surface area contributed by atoms with Crippen molar-refractivity contribution in [2.24, 2.45) is 0 Å². The molecule has 1 aromatic heterocycles. The second-order valence-electron chi connectivity index (χ2n) is 4.13. The van der Waals surface area contributed by atoms with E-state index in [1.807, 2.05) is 0 Å². The number of nitrogen functional groups attached to an aromatic ring is 1. The summed E-state index contributed by atoms with van der Waals surface area (Å²) in [5.74, 6) is -2.94. The van der Waals surface area contributed by atoms with Crippen molar-refractivity contribution in [3.05, 3.63) is 58.0 Å². The molecule has 1 heterocycles. The number of rotatable bonds is 3. The summed E-state index contributed by atoms with van der Waals surface area (Å²) in [4.78, 5) is 3.84. The molecule has 20 heavy (non-hydrogen) atoms. The Morgan fingerprint density at radius 1 is 1.20 bits per heavy atom. The summed E-state index contributed by atoms with van der Waals surface area (Å²) in [6.07, 6.45) is 1.32. The standard InChI is InChI=1S/C13H11ClF3N3/c1-19-12(8-2-6(14)5-20-13(8)18)11-9(16)3-7(15)4-10(11)17/h2-5,12,19H,1H3,(H2,18,20). The first-order valence-electron chi connectivity index (χ1n) is 5.66. The number of pyridine rings is 1. The van der Waals surface area contributed by atoms with Gasteiger partial charge in [0.15, 0.2) is 0 Å². The predicted octanol–water partition coefficient (Wildman–Crippen LogP) is 3.04. The maximum Gasteiger partial charge on any atom is 0.134 e. The highest BCUT2D eigenvalue weighted by Crippen LogP contribution is 2.31. The molecular formula is C13H11ClF3N3. The fraction of sp³-hybridized carbons (Fsp3) is 0.154. The van der Waals surface area contributed by atoms with Crippen LogP contribution in [0.4, 0.5) is 19.0 Å². The Kier molecular flexibility index (Phi) is 4.15. The first kappa shape index (κ1) is 14.6. The minimum Gasteiger partial charge on any atom is -0.383 e. The van der Waals surface area contributed by atoms with Crippen molar-refractivity contribution in [1.82, 2.24) is 10.3 Å². The van der Waals surface area contributed by atoms with Crippen LogP contribution in [0.3, 0.4) is 0 Å². The molecule has 0 saturated heterocycles. The molecular weight excluding hydrogens is 291 g/mol. The molecule has 0 aliphatic carbocycles.